The van der Waals surface area contributed by atoms with Crippen LogP contribution >= 0.6 is 0 Å². The first kappa shape index (κ1) is 11.5. The second-order valence-electron chi connectivity index (χ2n) is 3.34. The monoisotopic (exact) mass is 207 g/mol. The van der Waals surface area contributed by atoms with Gasteiger partial charge >= 0.3 is 6.03 Å². The lowest BCUT2D eigenvalue weighted by molar-refractivity contribution is 0.254. The van der Waals surface area contributed by atoms with Crippen LogP contribution in [0.1, 0.15) is 18.5 Å². The number of anilines is 1. The number of amides is 2. The molecule has 0 saturated carbocycles. The minimum Gasteiger partial charge on any atom is -0.341 e. The van der Waals surface area contributed by atoms with Crippen LogP contribution in [-0.4, -0.2) is 20.1 Å². The summed E-state index contributed by atoms with van der Waals surface area (Å²) in [6.45, 7) is 2.08. The Morgan fingerprint density at radius 3 is 2.27 bits per heavy atom. The fraction of sp³-hybridized carbons (Fsp3) is 0.364. The molecule has 4 nitrogen and oxygen atoms in total. The first-order valence-electron chi connectivity index (χ1n) is 4.93. The molecular weight excluding hydrogens is 190 g/mol. The van der Waals surface area contributed by atoms with Crippen LogP contribution < -0.4 is 16.0 Å². The number of urea groups is 1. The highest BCUT2D eigenvalue weighted by Gasteiger charge is 2.02. The highest BCUT2D eigenvalue weighted by Crippen LogP contribution is 2.15. The lowest BCUT2D eigenvalue weighted by atomic mass is 10.1. The lowest BCUT2D eigenvalue weighted by Crippen LogP contribution is -2.24. The van der Waals surface area contributed by atoms with Crippen LogP contribution in [-0.2, 0) is 0 Å². The minimum absolute atomic E-state index is 0.204. The van der Waals surface area contributed by atoms with Gasteiger partial charge < -0.3 is 16.0 Å². The van der Waals surface area contributed by atoms with Gasteiger partial charge in [-0.05, 0) is 31.7 Å². The SMILES string of the molecule is CNC(=O)Nc1ccc(C(C)NC)cc1. The molecule has 0 aromatic heterocycles. The molecule has 0 aliphatic heterocycles. The number of hydrogen-bond donors (Lipinski definition) is 3. The van der Waals surface area contributed by atoms with Crippen LogP contribution in [0.3, 0.4) is 0 Å². The molecule has 0 aliphatic carbocycles. The smallest absolute Gasteiger partial charge is 0.318 e. The van der Waals surface area contributed by atoms with Crippen molar-refractivity contribution in [2.24, 2.45) is 0 Å². The molecule has 1 unspecified atom stereocenters. The zero-order valence-corrected chi connectivity index (χ0v) is 9.29. The third-order valence-corrected chi connectivity index (χ3v) is 2.33. The molecule has 1 atom stereocenters. The number of hydrogen-bond acceptors (Lipinski definition) is 2. The van der Waals surface area contributed by atoms with Crippen LogP contribution in [0, 0.1) is 0 Å². The Balaban J connectivity index is 2.68. The Morgan fingerprint density at radius 2 is 1.80 bits per heavy atom. The Bertz CT molecular complexity index is 321. The standard InChI is InChI=1S/C11H17N3O/c1-8(12-2)9-4-6-10(7-5-9)14-11(15)13-3/h4-8,12H,1-3H3,(H2,13,14,15). The second kappa shape index (κ2) is 5.36. The van der Waals surface area contributed by atoms with Crippen LogP contribution in [0.4, 0.5) is 10.5 Å². The maximum absolute atomic E-state index is 11.0. The Labute approximate surface area is 90.1 Å². The number of benzene rings is 1. The third-order valence-electron chi connectivity index (χ3n) is 2.33. The van der Waals surface area contributed by atoms with Crippen LogP contribution in [0.2, 0.25) is 0 Å². The van der Waals surface area contributed by atoms with E-state index in [2.05, 4.69) is 22.9 Å². The summed E-state index contributed by atoms with van der Waals surface area (Å²) in [5.74, 6) is 0. The van der Waals surface area contributed by atoms with Gasteiger partial charge in [-0.25, -0.2) is 4.79 Å². The van der Waals surface area contributed by atoms with Crippen LogP contribution in [0.5, 0.6) is 0 Å². The van der Waals surface area contributed by atoms with E-state index in [0.29, 0.717) is 6.04 Å². The largest absolute Gasteiger partial charge is 0.341 e. The van der Waals surface area contributed by atoms with Crippen LogP contribution in [0.15, 0.2) is 24.3 Å². The van der Waals surface area contributed by atoms with Gasteiger partial charge in [0.2, 0.25) is 0 Å². The summed E-state index contributed by atoms with van der Waals surface area (Å²) < 4.78 is 0. The molecule has 1 rings (SSSR count). The van der Waals surface area contributed by atoms with E-state index in [1.165, 1.54) is 5.56 Å². The number of carbonyl (C=O) groups excluding carboxylic acids is 1. The zero-order chi connectivity index (χ0) is 11.3. The average Bonchev–Trinajstić information content (AvgIpc) is 2.29. The van der Waals surface area contributed by atoms with Gasteiger partial charge in [0.1, 0.15) is 0 Å². The second-order valence-corrected chi connectivity index (χ2v) is 3.34. The highest BCUT2D eigenvalue weighted by atomic mass is 16.2. The predicted octanol–water partition coefficient (Wildman–Crippen LogP) is 1.72. The number of rotatable bonds is 3. The van der Waals surface area contributed by atoms with E-state index in [4.69, 9.17) is 0 Å². The topological polar surface area (TPSA) is 53.2 Å². The molecule has 0 saturated heterocycles. The van der Waals surface area contributed by atoms with Gasteiger partial charge in [0.25, 0.3) is 0 Å². The fourth-order valence-corrected chi connectivity index (χ4v) is 1.22. The summed E-state index contributed by atoms with van der Waals surface area (Å²) in [6, 6.07) is 7.87. The molecule has 82 valence electrons. The van der Waals surface area contributed by atoms with Gasteiger partial charge in [-0.1, -0.05) is 12.1 Å². The third kappa shape index (κ3) is 3.25. The van der Waals surface area contributed by atoms with E-state index < -0.39 is 0 Å². The quantitative estimate of drug-likeness (QED) is 0.707. The van der Waals surface area contributed by atoms with Crippen molar-refractivity contribution in [3.05, 3.63) is 29.8 Å². The molecule has 1 aromatic rings. The highest BCUT2D eigenvalue weighted by molar-refractivity contribution is 5.88. The average molecular weight is 207 g/mol. The van der Waals surface area contributed by atoms with E-state index in [-0.39, 0.29) is 6.03 Å². The van der Waals surface area contributed by atoms with Crippen molar-refractivity contribution < 1.29 is 4.79 Å². The Kier molecular flexibility index (Phi) is 4.12. The molecule has 0 bridgehead atoms. The van der Waals surface area contributed by atoms with Crippen molar-refractivity contribution >= 4 is 11.7 Å². The van der Waals surface area contributed by atoms with E-state index in [1.807, 2.05) is 31.3 Å². The molecule has 0 fully saturated rings. The molecular formula is C11H17N3O. The van der Waals surface area contributed by atoms with Crippen molar-refractivity contribution in [2.75, 3.05) is 19.4 Å². The predicted molar refractivity (Wildman–Crippen MR) is 62.0 cm³/mol. The maximum Gasteiger partial charge on any atom is 0.318 e. The Hall–Kier alpha value is -1.55. The molecule has 2 amide bonds. The minimum atomic E-state index is -0.204. The zero-order valence-electron chi connectivity index (χ0n) is 9.29. The van der Waals surface area contributed by atoms with Crippen molar-refractivity contribution in [2.45, 2.75) is 13.0 Å². The van der Waals surface area contributed by atoms with Crippen molar-refractivity contribution in [3.63, 3.8) is 0 Å². The van der Waals surface area contributed by atoms with Crippen molar-refractivity contribution in [3.8, 4) is 0 Å². The van der Waals surface area contributed by atoms with Crippen molar-refractivity contribution in [1.29, 1.82) is 0 Å². The number of nitrogens with one attached hydrogen (secondary N) is 3. The number of carbonyl (C=O) groups is 1. The normalized spacial score (nSPS) is 11.9. The fourth-order valence-electron chi connectivity index (χ4n) is 1.22. The van der Waals surface area contributed by atoms with Gasteiger partial charge in [0.05, 0.1) is 0 Å². The molecule has 0 heterocycles. The van der Waals surface area contributed by atoms with Crippen molar-refractivity contribution in [1.82, 2.24) is 10.6 Å². The maximum atomic E-state index is 11.0. The van der Waals surface area contributed by atoms with E-state index in [1.54, 1.807) is 7.05 Å². The first-order valence-corrected chi connectivity index (χ1v) is 4.93. The Morgan fingerprint density at radius 1 is 1.20 bits per heavy atom. The summed E-state index contributed by atoms with van der Waals surface area (Å²) >= 11 is 0. The lowest BCUT2D eigenvalue weighted by Gasteiger charge is -2.11. The molecule has 1 aromatic carbocycles. The van der Waals surface area contributed by atoms with Gasteiger partial charge in [-0.15, -0.1) is 0 Å². The summed E-state index contributed by atoms with van der Waals surface area (Å²) in [7, 11) is 3.51. The van der Waals surface area contributed by atoms with Gasteiger partial charge in [0, 0.05) is 18.8 Å². The molecule has 15 heavy (non-hydrogen) atoms. The molecule has 3 N–H and O–H groups in total. The molecule has 4 heteroatoms. The van der Waals surface area contributed by atoms with E-state index in [9.17, 15) is 4.79 Å². The molecule has 0 radical (unpaired) electrons. The summed E-state index contributed by atoms with van der Waals surface area (Å²) in [5, 5.41) is 8.36. The summed E-state index contributed by atoms with van der Waals surface area (Å²) in [6.07, 6.45) is 0. The van der Waals surface area contributed by atoms with E-state index in [0.717, 1.165) is 5.69 Å². The van der Waals surface area contributed by atoms with Gasteiger partial charge in [-0.2, -0.15) is 0 Å². The molecule has 0 aliphatic rings. The van der Waals surface area contributed by atoms with Gasteiger partial charge in [0.15, 0.2) is 0 Å². The molecule has 0 spiro atoms. The summed E-state index contributed by atoms with van der Waals surface area (Å²) in [5.41, 5.74) is 1.99. The first-order chi connectivity index (χ1) is 7.17. The summed E-state index contributed by atoms with van der Waals surface area (Å²) in [4.78, 5) is 11.0. The van der Waals surface area contributed by atoms with Gasteiger partial charge in [-0.3, -0.25) is 0 Å². The van der Waals surface area contributed by atoms with E-state index >= 15 is 0 Å². The van der Waals surface area contributed by atoms with Crippen LogP contribution in [0.25, 0.3) is 0 Å².